The summed E-state index contributed by atoms with van der Waals surface area (Å²) in [6, 6.07) is 0. The zero-order valence-electron chi connectivity index (χ0n) is 52.5. The molecule has 0 aromatic heterocycles. The van der Waals surface area contributed by atoms with Crippen molar-refractivity contribution >= 4 is 17.9 Å². The predicted octanol–water partition coefficient (Wildman–Crippen LogP) is 24.0. The van der Waals surface area contributed by atoms with Crippen LogP contribution in [0.5, 0.6) is 0 Å². The van der Waals surface area contributed by atoms with E-state index in [-0.39, 0.29) is 31.1 Å². The van der Waals surface area contributed by atoms with Crippen LogP contribution in [0.2, 0.25) is 0 Å². The van der Waals surface area contributed by atoms with Gasteiger partial charge in [-0.2, -0.15) is 0 Å². The Labute approximate surface area is 481 Å². The van der Waals surface area contributed by atoms with Crippen molar-refractivity contribution in [2.45, 2.75) is 412 Å². The maximum atomic E-state index is 12.9. The van der Waals surface area contributed by atoms with E-state index in [4.69, 9.17) is 14.2 Å². The van der Waals surface area contributed by atoms with E-state index in [2.05, 4.69) is 32.9 Å². The molecule has 0 aliphatic carbocycles. The van der Waals surface area contributed by atoms with Gasteiger partial charge in [-0.05, 0) is 44.9 Å². The molecule has 0 aliphatic rings. The lowest BCUT2D eigenvalue weighted by Crippen LogP contribution is -2.30. The molecular weight excluding hydrogens is 949 g/mol. The Bertz CT molecular complexity index is 1200. The van der Waals surface area contributed by atoms with Crippen molar-refractivity contribution < 1.29 is 28.6 Å². The summed E-state index contributed by atoms with van der Waals surface area (Å²) < 4.78 is 16.9. The highest BCUT2D eigenvalue weighted by atomic mass is 16.6. The highest BCUT2D eigenvalue weighted by molar-refractivity contribution is 5.71. The van der Waals surface area contributed by atoms with Gasteiger partial charge in [0.05, 0.1) is 0 Å². The molecule has 1 unspecified atom stereocenters. The van der Waals surface area contributed by atoms with Gasteiger partial charge in [0.2, 0.25) is 0 Å². The zero-order valence-corrected chi connectivity index (χ0v) is 52.5. The van der Waals surface area contributed by atoms with Crippen LogP contribution in [0.25, 0.3) is 0 Å². The third-order valence-electron chi connectivity index (χ3n) is 16.3. The van der Waals surface area contributed by atoms with Gasteiger partial charge in [0.25, 0.3) is 0 Å². The Morgan fingerprint density at radius 1 is 0.247 bits per heavy atom. The molecule has 0 heterocycles. The third-order valence-corrected chi connectivity index (χ3v) is 16.3. The molecule has 0 aromatic rings. The van der Waals surface area contributed by atoms with Crippen molar-refractivity contribution in [2.75, 3.05) is 13.2 Å². The molecule has 6 nitrogen and oxygen atoms in total. The highest BCUT2D eigenvalue weighted by Gasteiger charge is 2.19. The van der Waals surface area contributed by atoms with Gasteiger partial charge in [0, 0.05) is 19.3 Å². The minimum atomic E-state index is -0.766. The molecule has 1 atom stereocenters. The fourth-order valence-corrected chi connectivity index (χ4v) is 11.0. The predicted molar refractivity (Wildman–Crippen MR) is 335 cm³/mol. The second kappa shape index (κ2) is 66.7. The van der Waals surface area contributed by atoms with Crippen LogP contribution >= 0.6 is 0 Å². The number of rotatable bonds is 66. The van der Waals surface area contributed by atoms with Gasteiger partial charge in [0.15, 0.2) is 6.10 Å². The van der Waals surface area contributed by atoms with Crippen molar-refractivity contribution in [2.24, 2.45) is 0 Å². The first-order chi connectivity index (χ1) is 38.0. The monoisotopic (exact) mass is 1090 g/mol. The molecule has 0 fully saturated rings. The van der Waals surface area contributed by atoms with Crippen molar-refractivity contribution in [1.82, 2.24) is 0 Å². The summed E-state index contributed by atoms with van der Waals surface area (Å²) in [6.45, 7) is 6.70. The van der Waals surface area contributed by atoms with E-state index in [0.29, 0.717) is 19.3 Å². The van der Waals surface area contributed by atoms with Crippen LogP contribution in [0, 0.1) is 0 Å². The molecule has 0 saturated carbocycles. The summed E-state index contributed by atoms with van der Waals surface area (Å²) in [5.41, 5.74) is 0. The minimum Gasteiger partial charge on any atom is -0.462 e. The van der Waals surface area contributed by atoms with E-state index in [1.54, 1.807) is 0 Å². The van der Waals surface area contributed by atoms with Crippen LogP contribution < -0.4 is 0 Å². The lowest BCUT2D eigenvalue weighted by Gasteiger charge is -2.18. The average Bonchev–Trinajstić information content (AvgIpc) is 3.43. The molecule has 0 amide bonds. The average molecular weight is 1090 g/mol. The SMILES string of the molecule is CCCCCCCCCC/C=C\CCCCCCCCCCCC(=O)OC(COC(=O)CCCCCCCCCCC)COC(=O)CCCCCCCCCCCCCCCCCCCCCCCCCCCCCCC. The lowest BCUT2D eigenvalue weighted by molar-refractivity contribution is -0.167. The van der Waals surface area contributed by atoms with E-state index < -0.39 is 6.10 Å². The van der Waals surface area contributed by atoms with Gasteiger partial charge >= 0.3 is 17.9 Å². The number of unbranched alkanes of at least 4 members (excludes halogenated alkanes) is 53. The van der Waals surface area contributed by atoms with E-state index in [1.165, 1.54) is 308 Å². The second-order valence-electron chi connectivity index (χ2n) is 24.2. The number of esters is 3. The first-order valence-electron chi connectivity index (χ1n) is 35.2. The molecule has 0 saturated heterocycles. The van der Waals surface area contributed by atoms with Crippen molar-refractivity contribution in [3.8, 4) is 0 Å². The van der Waals surface area contributed by atoms with Crippen molar-refractivity contribution in [1.29, 1.82) is 0 Å². The van der Waals surface area contributed by atoms with Gasteiger partial charge < -0.3 is 14.2 Å². The van der Waals surface area contributed by atoms with Gasteiger partial charge in [-0.1, -0.05) is 354 Å². The normalized spacial score (nSPS) is 12.0. The Hall–Kier alpha value is -1.85. The van der Waals surface area contributed by atoms with E-state index in [9.17, 15) is 14.4 Å². The van der Waals surface area contributed by atoms with E-state index in [0.717, 1.165) is 57.8 Å². The molecular formula is C71H136O6. The van der Waals surface area contributed by atoms with Gasteiger partial charge in [-0.3, -0.25) is 14.4 Å². The zero-order chi connectivity index (χ0) is 55.7. The topological polar surface area (TPSA) is 78.9 Å². The smallest absolute Gasteiger partial charge is 0.306 e. The Balaban J connectivity index is 4.06. The summed E-state index contributed by atoms with van der Waals surface area (Å²) in [6.07, 6.45) is 79.8. The van der Waals surface area contributed by atoms with Crippen LogP contribution in [0.1, 0.15) is 406 Å². The highest BCUT2D eigenvalue weighted by Crippen LogP contribution is 2.19. The Morgan fingerprint density at radius 3 is 0.649 bits per heavy atom. The first kappa shape index (κ1) is 75.2. The Kier molecular flexibility index (Phi) is 65.1. The van der Waals surface area contributed by atoms with Crippen molar-refractivity contribution in [3.63, 3.8) is 0 Å². The number of hydrogen-bond acceptors (Lipinski definition) is 6. The molecule has 0 rings (SSSR count). The van der Waals surface area contributed by atoms with E-state index in [1.807, 2.05) is 0 Å². The maximum absolute atomic E-state index is 12.9. The quantitative estimate of drug-likeness (QED) is 0.0261. The number of hydrogen-bond donors (Lipinski definition) is 0. The molecule has 0 N–H and O–H groups in total. The van der Waals surface area contributed by atoms with Crippen LogP contribution in [-0.2, 0) is 28.6 Å². The lowest BCUT2D eigenvalue weighted by atomic mass is 10.0. The fourth-order valence-electron chi connectivity index (χ4n) is 11.0. The molecule has 6 heteroatoms. The number of carbonyl (C=O) groups is 3. The summed E-state index contributed by atoms with van der Waals surface area (Å²) >= 11 is 0. The molecule has 0 radical (unpaired) electrons. The van der Waals surface area contributed by atoms with Crippen LogP contribution in [0.15, 0.2) is 12.2 Å². The summed E-state index contributed by atoms with van der Waals surface area (Å²) in [5.74, 6) is -0.838. The number of carbonyl (C=O) groups excluding carboxylic acids is 3. The molecule has 456 valence electrons. The first-order valence-corrected chi connectivity index (χ1v) is 35.2. The van der Waals surface area contributed by atoms with Crippen LogP contribution in [0.4, 0.5) is 0 Å². The largest absolute Gasteiger partial charge is 0.462 e. The Morgan fingerprint density at radius 2 is 0.429 bits per heavy atom. The molecule has 0 bridgehead atoms. The maximum Gasteiger partial charge on any atom is 0.306 e. The summed E-state index contributed by atoms with van der Waals surface area (Å²) in [7, 11) is 0. The molecule has 0 aliphatic heterocycles. The summed E-state index contributed by atoms with van der Waals surface area (Å²) in [5, 5.41) is 0. The van der Waals surface area contributed by atoms with Gasteiger partial charge in [-0.25, -0.2) is 0 Å². The number of allylic oxidation sites excluding steroid dienone is 2. The minimum absolute atomic E-state index is 0.0644. The number of ether oxygens (including phenoxy) is 3. The van der Waals surface area contributed by atoms with E-state index >= 15 is 0 Å². The molecule has 0 aromatic carbocycles. The molecule has 0 spiro atoms. The van der Waals surface area contributed by atoms with Gasteiger partial charge in [0.1, 0.15) is 13.2 Å². The van der Waals surface area contributed by atoms with Crippen molar-refractivity contribution in [3.05, 3.63) is 12.2 Å². The fraction of sp³-hybridized carbons (Fsp3) is 0.930. The van der Waals surface area contributed by atoms with Crippen LogP contribution in [0.3, 0.4) is 0 Å². The van der Waals surface area contributed by atoms with Crippen LogP contribution in [-0.4, -0.2) is 37.2 Å². The summed E-state index contributed by atoms with van der Waals surface area (Å²) in [4.78, 5) is 38.3. The second-order valence-corrected chi connectivity index (χ2v) is 24.2. The molecule has 77 heavy (non-hydrogen) atoms. The standard InChI is InChI=1S/C71H136O6/c1-4-7-10-13-16-19-21-23-25-27-29-31-32-33-34-35-36-37-38-40-41-43-45-47-49-52-55-58-61-64-70(73)76-67-68(66-75-69(72)63-60-57-54-51-18-15-12-9-6-3)77-71(74)65-62-59-56-53-50-48-46-44-42-39-30-28-26-24-22-20-17-14-11-8-5-2/h28,30,68H,4-27,29,31-67H2,1-3H3/b30-28-. The van der Waals surface area contributed by atoms with Gasteiger partial charge in [-0.15, -0.1) is 0 Å². The third kappa shape index (κ3) is 64.9.